The Kier molecular flexibility index (Phi) is 4.00. The summed E-state index contributed by atoms with van der Waals surface area (Å²) < 4.78 is 5.87. The third-order valence-corrected chi connectivity index (χ3v) is 4.09. The molecule has 0 amide bonds. The molecule has 0 saturated heterocycles. The first-order chi connectivity index (χ1) is 8.33. The van der Waals surface area contributed by atoms with Crippen molar-refractivity contribution in [3.05, 3.63) is 71.8 Å². The van der Waals surface area contributed by atoms with E-state index in [9.17, 15) is 0 Å². The van der Waals surface area contributed by atoms with E-state index in [1.54, 1.807) is 0 Å². The van der Waals surface area contributed by atoms with Crippen LogP contribution in [0.3, 0.4) is 0 Å². The molecule has 88 valence electrons. The molecule has 2 aromatic rings. The van der Waals surface area contributed by atoms with Gasteiger partial charge in [-0.15, -0.1) is 11.6 Å². The van der Waals surface area contributed by atoms with Crippen LogP contribution in [0.2, 0.25) is 0 Å². The number of hydrogen-bond acceptors (Lipinski definition) is 1. The molecule has 0 radical (unpaired) electrons. The van der Waals surface area contributed by atoms with Gasteiger partial charge in [0, 0.05) is 0 Å². The molecule has 3 heteroatoms. The molecule has 0 N–H and O–H groups in total. The fourth-order valence-electron chi connectivity index (χ4n) is 2.03. The van der Waals surface area contributed by atoms with Crippen LogP contribution in [0.4, 0.5) is 0 Å². The maximum Gasteiger partial charge on any atom is 0.147 e. The molecule has 0 aliphatic heterocycles. The molecular weight excluding hydrogens is 248 g/mol. The summed E-state index contributed by atoms with van der Waals surface area (Å²) in [6.45, 7) is 0. The first-order valence-corrected chi connectivity index (χ1v) is 6.91. The molecule has 0 unspecified atom stereocenters. The van der Waals surface area contributed by atoms with Crippen LogP contribution in [0.25, 0.3) is 0 Å². The van der Waals surface area contributed by atoms with Crippen molar-refractivity contribution >= 4 is 22.1 Å². The maximum atomic E-state index is 6.19. The van der Waals surface area contributed by atoms with Crippen molar-refractivity contribution in [3.63, 3.8) is 0 Å². The van der Waals surface area contributed by atoms with Crippen LogP contribution in [0.15, 0.2) is 60.7 Å². The lowest BCUT2D eigenvalue weighted by Gasteiger charge is -2.32. The molecular formula is C14H15ClOSi. The van der Waals surface area contributed by atoms with Gasteiger partial charge in [-0.05, 0) is 11.1 Å². The van der Waals surface area contributed by atoms with Crippen molar-refractivity contribution in [3.8, 4) is 0 Å². The topological polar surface area (TPSA) is 9.23 Å². The van der Waals surface area contributed by atoms with Crippen molar-refractivity contribution in [1.82, 2.24) is 0 Å². The summed E-state index contributed by atoms with van der Waals surface area (Å²) in [6.07, 6.45) is 0. The van der Waals surface area contributed by atoms with E-state index >= 15 is 0 Å². The molecule has 0 spiro atoms. The molecule has 0 aromatic heterocycles. The third kappa shape index (κ3) is 2.29. The van der Waals surface area contributed by atoms with Crippen LogP contribution in [0.1, 0.15) is 11.1 Å². The lowest BCUT2D eigenvalue weighted by molar-refractivity contribution is 0.152. The highest BCUT2D eigenvalue weighted by molar-refractivity contribution is 6.19. The molecule has 17 heavy (non-hydrogen) atoms. The van der Waals surface area contributed by atoms with Gasteiger partial charge >= 0.3 is 0 Å². The summed E-state index contributed by atoms with van der Waals surface area (Å²) in [6, 6.07) is 20.3. The second-order valence-corrected chi connectivity index (χ2v) is 4.57. The largest absolute Gasteiger partial charge is 0.413 e. The molecule has 2 rings (SSSR count). The van der Waals surface area contributed by atoms with Gasteiger partial charge in [0.25, 0.3) is 0 Å². The fraction of sp³-hybridized carbons (Fsp3) is 0.143. The fourth-order valence-corrected chi connectivity index (χ4v) is 3.24. The van der Waals surface area contributed by atoms with Crippen molar-refractivity contribution in [1.29, 1.82) is 0 Å². The number of alkyl halides is 1. The van der Waals surface area contributed by atoms with Gasteiger partial charge in [-0.25, -0.2) is 0 Å². The van der Waals surface area contributed by atoms with E-state index in [0.717, 1.165) is 11.1 Å². The average molecular weight is 263 g/mol. The number of hydrogen-bond donors (Lipinski definition) is 0. The van der Waals surface area contributed by atoms with Gasteiger partial charge in [-0.3, -0.25) is 0 Å². The van der Waals surface area contributed by atoms with E-state index in [2.05, 4.69) is 24.3 Å². The van der Waals surface area contributed by atoms with Crippen molar-refractivity contribution in [2.75, 3.05) is 5.88 Å². The lowest BCUT2D eigenvalue weighted by atomic mass is 9.88. The van der Waals surface area contributed by atoms with Crippen LogP contribution in [0, 0.1) is 0 Å². The molecule has 0 atom stereocenters. The Morgan fingerprint density at radius 2 is 1.29 bits per heavy atom. The zero-order valence-electron chi connectivity index (χ0n) is 9.77. The summed E-state index contributed by atoms with van der Waals surface area (Å²) in [5.41, 5.74) is 1.71. The predicted molar refractivity (Wildman–Crippen MR) is 75.4 cm³/mol. The van der Waals surface area contributed by atoms with Crippen molar-refractivity contribution in [2.45, 2.75) is 5.60 Å². The molecule has 0 bridgehead atoms. The SMILES string of the molecule is [SiH3]OC(CCl)(c1ccccc1)c1ccccc1. The molecule has 0 aliphatic carbocycles. The minimum Gasteiger partial charge on any atom is -0.413 e. The second-order valence-electron chi connectivity index (χ2n) is 3.90. The minimum atomic E-state index is -0.504. The van der Waals surface area contributed by atoms with Gasteiger partial charge in [0.1, 0.15) is 16.1 Å². The Hall–Kier alpha value is -1.09. The molecule has 1 nitrogen and oxygen atoms in total. The van der Waals surface area contributed by atoms with E-state index in [1.807, 2.05) is 36.4 Å². The van der Waals surface area contributed by atoms with E-state index in [4.69, 9.17) is 16.0 Å². The Balaban J connectivity index is 2.54. The summed E-state index contributed by atoms with van der Waals surface area (Å²) in [4.78, 5) is 0. The van der Waals surface area contributed by atoms with Gasteiger partial charge in [0.15, 0.2) is 0 Å². The number of halogens is 1. The van der Waals surface area contributed by atoms with Gasteiger partial charge in [0.05, 0.1) is 5.88 Å². The van der Waals surface area contributed by atoms with E-state index < -0.39 is 5.60 Å². The predicted octanol–water partition coefficient (Wildman–Crippen LogP) is 2.47. The Morgan fingerprint density at radius 3 is 1.59 bits per heavy atom. The standard InChI is InChI=1S/C14H15ClOSi/c15-11-14(16-17,12-7-3-1-4-8-12)13-9-5-2-6-10-13/h1-10H,11H2,17H3. The summed E-state index contributed by atoms with van der Waals surface area (Å²) in [7, 11) is 0.641. The van der Waals surface area contributed by atoms with Crippen LogP contribution >= 0.6 is 11.6 Å². The Morgan fingerprint density at radius 1 is 0.882 bits per heavy atom. The summed E-state index contributed by atoms with van der Waals surface area (Å²) >= 11 is 6.19. The molecule has 0 saturated carbocycles. The monoisotopic (exact) mass is 262 g/mol. The Bertz CT molecular complexity index is 413. The van der Waals surface area contributed by atoms with Crippen LogP contribution < -0.4 is 0 Å². The van der Waals surface area contributed by atoms with Crippen LogP contribution in [-0.4, -0.2) is 16.4 Å². The van der Waals surface area contributed by atoms with Crippen LogP contribution in [-0.2, 0) is 10.0 Å². The van der Waals surface area contributed by atoms with Gasteiger partial charge in [0.2, 0.25) is 0 Å². The highest BCUT2D eigenvalue weighted by Crippen LogP contribution is 2.33. The van der Waals surface area contributed by atoms with E-state index in [-0.39, 0.29) is 0 Å². The van der Waals surface area contributed by atoms with Gasteiger partial charge in [-0.1, -0.05) is 60.7 Å². The van der Waals surface area contributed by atoms with Crippen molar-refractivity contribution < 1.29 is 4.43 Å². The zero-order valence-corrected chi connectivity index (χ0v) is 12.5. The first kappa shape index (κ1) is 12.4. The first-order valence-electron chi connectivity index (χ1n) is 5.55. The van der Waals surface area contributed by atoms with Crippen LogP contribution in [0.5, 0.6) is 0 Å². The second kappa shape index (κ2) is 5.49. The molecule has 2 aromatic carbocycles. The maximum absolute atomic E-state index is 6.19. The highest BCUT2D eigenvalue weighted by atomic mass is 35.5. The van der Waals surface area contributed by atoms with Crippen molar-refractivity contribution in [2.24, 2.45) is 0 Å². The average Bonchev–Trinajstić information content (AvgIpc) is 2.43. The molecule has 0 heterocycles. The van der Waals surface area contributed by atoms with Gasteiger partial charge < -0.3 is 4.43 Å². The quantitative estimate of drug-likeness (QED) is 0.608. The third-order valence-electron chi connectivity index (χ3n) is 3.02. The highest BCUT2D eigenvalue weighted by Gasteiger charge is 2.32. The van der Waals surface area contributed by atoms with Gasteiger partial charge in [-0.2, -0.15) is 0 Å². The number of benzene rings is 2. The molecule has 0 fully saturated rings. The summed E-state index contributed by atoms with van der Waals surface area (Å²) in [5.74, 6) is 0.421. The normalized spacial score (nSPS) is 11.6. The van der Waals surface area contributed by atoms with E-state index in [0.29, 0.717) is 16.4 Å². The number of rotatable bonds is 4. The summed E-state index contributed by atoms with van der Waals surface area (Å²) in [5, 5.41) is 0. The smallest absolute Gasteiger partial charge is 0.147 e. The zero-order chi connectivity index (χ0) is 12.1. The lowest BCUT2D eigenvalue weighted by Crippen LogP contribution is -2.32. The Labute approximate surface area is 110 Å². The molecule has 0 aliphatic rings. The minimum absolute atomic E-state index is 0.421. The van der Waals surface area contributed by atoms with E-state index in [1.165, 1.54) is 0 Å².